The number of halogens is 2. The summed E-state index contributed by atoms with van der Waals surface area (Å²) in [7, 11) is 0. The van der Waals surface area contributed by atoms with Crippen LogP contribution in [-0.4, -0.2) is 20.6 Å². The summed E-state index contributed by atoms with van der Waals surface area (Å²) in [6.07, 6.45) is 0. The first-order chi connectivity index (χ1) is 4.45. The maximum atomic E-state index is 10.4. The van der Waals surface area contributed by atoms with Gasteiger partial charge in [0.1, 0.15) is 0 Å². The Bertz CT molecular complexity index is 157. The smallest absolute Gasteiger partial charge is 0.360 e. The molecule has 58 valence electrons. The molecule has 0 heterocycles. The highest BCUT2D eigenvalue weighted by atomic mass is 79.9. The van der Waals surface area contributed by atoms with Crippen LogP contribution in [0.2, 0.25) is 0 Å². The summed E-state index contributed by atoms with van der Waals surface area (Å²) in [5, 5.41) is 9.97. The summed E-state index contributed by atoms with van der Waals surface area (Å²) >= 11 is 5.38. The summed E-state index contributed by atoms with van der Waals surface area (Å²) in [6.45, 7) is 0. The van der Waals surface area contributed by atoms with Crippen LogP contribution in [0, 0.1) is 10.1 Å². The molecule has 0 aromatic carbocycles. The third kappa shape index (κ3) is 1.66. The Kier molecular flexibility index (Phi) is 3.23. The number of hydrogen-bond acceptors (Lipinski definition) is 3. The van der Waals surface area contributed by atoms with Gasteiger partial charge in [-0.2, -0.15) is 0 Å². The SMILES string of the molecule is NC(=O)C(Br)(CBr)[N+](=O)[O-]. The number of primary amides is 1. The van der Waals surface area contributed by atoms with Crippen LogP contribution < -0.4 is 5.73 Å². The van der Waals surface area contributed by atoms with Gasteiger partial charge in [-0.15, -0.1) is 0 Å². The monoisotopic (exact) mass is 274 g/mol. The van der Waals surface area contributed by atoms with Gasteiger partial charge in [0.25, 0.3) is 0 Å². The molecule has 0 bridgehead atoms. The van der Waals surface area contributed by atoms with E-state index in [-0.39, 0.29) is 5.33 Å². The quantitative estimate of drug-likeness (QED) is 0.346. The van der Waals surface area contributed by atoms with Gasteiger partial charge < -0.3 is 5.73 Å². The van der Waals surface area contributed by atoms with E-state index in [1.54, 1.807) is 0 Å². The first-order valence-corrected chi connectivity index (χ1v) is 4.06. The highest BCUT2D eigenvalue weighted by molar-refractivity contribution is 9.12. The molecular weight excluding hydrogens is 272 g/mol. The molecule has 0 aliphatic heterocycles. The van der Waals surface area contributed by atoms with Crippen molar-refractivity contribution in [2.45, 2.75) is 4.45 Å². The lowest BCUT2D eigenvalue weighted by atomic mass is 10.3. The van der Waals surface area contributed by atoms with E-state index in [0.717, 1.165) is 0 Å². The van der Waals surface area contributed by atoms with Gasteiger partial charge in [-0.05, 0) is 0 Å². The number of nitro groups is 1. The fraction of sp³-hybridized carbons (Fsp3) is 0.667. The lowest BCUT2D eigenvalue weighted by Crippen LogP contribution is -2.46. The normalized spacial score (nSPS) is 15.8. The largest absolute Gasteiger partial charge is 0.363 e. The Morgan fingerprint density at radius 1 is 1.80 bits per heavy atom. The molecule has 7 heteroatoms. The van der Waals surface area contributed by atoms with Gasteiger partial charge in [-0.25, -0.2) is 0 Å². The number of amides is 1. The molecule has 0 saturated heterocycles. The Labute approximate surface area is 73.4 Å². The molecule has 0 aliphatic rings. The number of nitrogens with two attached hydrogens (primary N) is 1. The highest BCUT2D eigenvalue weighted by Gasteiger charge is 2.45. The van der Waals surface area contributed by atoms with Crippen LogP contribution in [0.1, 0.15) is 0 Å². The minimum atomic E-state index is -1.87. The van der Waals surface area contributed by atoms with Gasteiger partial charge in [0.05, 0.1) is 5.33 Å². The Morgan fingerprint density at radius 2 is 2.20 bits per heavy atom. The van der Waals surface area contributed by atoms with E-state index < -0.39 is 15.3 Å². The zero-order valence-corrected chi connectivity index (χ0v) is 7.88. The van der Waals surface area contributed by atoms with E-state index in [4.69, 9.17) is 5.73 Å². The third-order valence-corrected chi connectivity index (χ3v) is 3.37. The van der Waals surface area contributed by atoms with Gasteiger partial charge in [0, 0.05) is 20.9 Å². The number of alkyl halides is 2. The first-order valence-electron chi connectivity index (χ1n) is 2.14. The maximum Gasteiger partial charge on any atom is 0.360 e. The second-order valence-electron chi connectivity index (χ2n) is 1.51. The molecule has 5 nitrogen and oxygen atoms in total. The molecule has 0 aromatic heterocycles. The molecule has 0 aromatic rings. The van der Waals surface area contributed by atoms with Crippen molar-refractivity contribution in [2.24, 2.45) is 5.73 Å². The van der Waals surface area contributed by atoms with Crippen molar-refractivity contribution in [3.8, 4) is 0 Å². The molecule has 1 atom stereocenters. The lowest BCUT2D eigenvalue weighted by molar-refractivity contribution is -0.513. The van der Waals surface area contributed by atoms with Gasteiger partial charge in [-0.3, -0.25) is 14.9 Å². The van der Waals surface area contributed by atoms with Crippen LogP contribution in [0.25, 0.3) is 0 Å². The lowest BCUT2D eigenvalue weighted by Gasteiger charge is -2.10. The minimum absolute atomic E-state index is 0.150. The second kappa shape index (κ2) is 3.29. The molecular formula is C3H4Br2N2O3. The Morgan fingerprint density at radius 3 is 2.20 bits per heavy atom. The average molecular weight is 276 g/mol. The molecule has 0 rings (SSSR count). The fourth-order valence-electron chi connectivity index (χ4n) is 0.205. The maximum absolute atomic E-state index is 10.4. The summed E-state index contributed by atoms with van der Waals surface area (Å²) in [4.78, 5) is 19.7. The van der Waals surface area contributed by atoms with E-state index in [1.807, 2.05) is 0 Å². The number of carbonyl (C=O) groups excluding carboxylic acids is 1. The van der Waals surface area contributed by atoms with Crippen LogP contribution >= 0.6 is 31.9 Å². The number of rotatable bonds is 3. The van der Waals surface area contributed by atoms with E-state index in [9.17, 15) is 14.9 Å². The van der Waals surface area contributed by atoms with E-state index in [0.29, 0.717) is 0 Å². The van der Waals surface area contributed by atoms with Crippen molar-refractivity contribution in [3.05, 3.63) is 10.1 Å². The summed E-state index contributed by atoms with van der Waals surface area (Å²) in [6, 6.07) is 0. The van der Waals surface area contributed by atoms with Crippen molar-refractivity contribution < 1.29 is 9.72 Å². The number of nitrogens with zero attached hydrogens (tertiary/aromatic N) is 1. The van der Waals surface area contributed by atoms with Crippen LogP contribution in [-0.2, 0) is 4.79 Å². The van der Waals surface area contributed by atoms with Gasteiger partial charge in [0.2, 0.25) is 0 Å². The summed E-state index contributed by atoms with van der Waals surface area (Å²) in [5.41, 5.74) is 4.72. The number of carbonyl (C=O) groups is 1. The topological polar surface area (TPSA) is 86.2 Å². The minimum Gasteiger partial charge on any atom is -0.363 e. The molecule has 0 aliphatic carbocycles. The molecule has 0 fully saturated rings. The molecule has 0 radical (unpaired) electrons. The first kappa shape index (κ1) is 9.83. The van der Waals surface area contributed by atoms with E-state index >= 15 is 0 Å². The van der Waals surface area contributed by atoms with Gasteiger partial charge >= 0.3 is 10.4 Å². The zero-order valence-electron chi connectivity index (χ0n) is 4.71. The van der Waals surface area contributed by atoms with Crippen molar-refractivity contribution in [1.82, 2.24) is 0 Å². The third-order valence-electron chi connectivity index (χ3n) is 0.844. The van der Waals surface area contributed by atoms with Crippen LogP contribution in [0.4, 0.5) is 0 Å². The molecule has 0 spiro atoms. The molecule has 10 heavy (non-hydrogen) atoms. The zero-order chi connectivity index (χ0) is 8.36. The average Bonchev–Trinajstić information content (AvgIpc) is 1.85. The molecule has 1 amide bonds. The van der Waals surface area contributed by atoms with Crippen molar-refractivity contribution in [3.63, 3.8) is 0 Å². The number of hydrogen-bond donors (Lipinski definition) is 1. The van der Waals surface area contributed by atoms with Crippen molar-refractivity contribution >= 4 is 37.8 Å². The van der Waals surface area contributed by atoms with E-state index in [2.05, 4.69) is 31.9 Å². The highest BCUT2D eigenvalue weighted by Crippen LogP contribution is 2.20. The molecule has 1 unspecified atom stereocenters. The second-order valence-corrected chi connectivity index (χ2v) is 3.39. The Hall–Kier alpha value is -0.170. The van der Waals surface area contributed by atoms with Gasteiger partial charge in [-0.1, -0.05) is 15.9 Å². The van der Waals surface area contributed by atoms with Crippen LogP contribution in [0.15, 0.2) is 0 Å². The van der Waals surface area contributed by atoms with Crippen LogP contribution in [0.5, 0.6) is 0 Å². The predicted molar refractivity (Wildman–Crippen MR) is 41.6 cm³/mol. The van der Waals surface area contributed by atoms with Crippen molar-refractivity contribution in [2.75, 3.05) is 5.33 Å². The standard InChI is InChI=1S/C3H4Br2N2O3/c4-1-3(5,2(6)8)7(9)10/h1H2,(H2,6,8). The molecule has 2 N–H and O–H groups in total. The molecule has 0 saturated carbocycles. The van der Waals surface area contributed by atoms with Gasteiger partial charge in [0.15, 0.2) is 0 Å². The predicted octanol–water partition coefficient (Wildman–Crippen LogP) is 0.235. The van der Waals surface area contributed by atoms with Crippen LogP contribution in [0.3, 0.4) is 0 Å². The van der Waals surface area contributed by atoms with Crippen molar-refractivity contribution in [1.29, 1.82) is 0 Å². The Balaban J connectivity index is 4.55. The summed E-state index contributed by atoms with van der Waals surface area (Å²) < 4.78 is -1.87. The fourth-order valence-corrected chi connectivity index (χ4v) is 0.686. The van der Waals surface area contributed by atoms with E-state index in [1.165, 1.54) is 0 Å². The summed E-state index contributed by atoms with van der Waals surface area (Å²) in [5.74, 6) is -1.02.